The van der Waals surface area contributed by atoms with Gasteiger partial charge in [-0.2, -0.15) is 0 Å². The van der Waals surface area contributed by atoms with Crippen LogP contribution in [0, 0.1) is 0 Å². The largest absolute Gasteiger partial charge is 0.493 e. The van der Waals surface area contributed by atoms with Gasteiger partial charge in [0.25, 0.3) is 0 Å². The zero-order valence-electron chi connectivity index (χ0n) is 28.4. The standard InChI is InChI=1S/C39H48O9/c1-5-7-8-9-10-11-12-13-16-29-17-21-32(22-18-29)47-38(41)30-20-24-34(36(28-30)44-4)48-39(42)31-19-23-33(35(27-31)43-3)45-25-14-15-26-46-37(40)6-2/h6,17-24,27-28H,2,5,7-16,25-26H2,1,3-4H3. The molecule has 0 N–H and O–H groups in total. The van der Waals surface area contributed by atoms with Gasteiger partial charge in [0.1, 0.15) is 5.75 Å². The van der Waals surface area contributed by atoms with Gasteiger partial charge in [0.15, 0.2) is 23.0 Å². The van der Waals surface area contributed by atoms with Crippen LogP contribution in [0.3, 0.4) is 0 Å². The zero-order chi connectivity index (χ0) is 34.6. The Labute approximate surface area is 284 Å². The first-order chi connectivity index (χ1) is 23.4. The van der Waals surface area contributed by atoms with E-state index in [1.807, 2.05) is 12.1 Å². The normalized spacial score (nSPS) is 10.6. The van der Waals surface area contributed by atoms with Crippen molar-refractivity contribution in [3.05, 3.63) is 90.0 Å². The molecule has 0 atom stereocenters. The van der Waals surface area contributed by atoms with E-state index in [-0.39, 0.29) is 29.2 Å². The van der Waals surface area contributed by atoms with Crippen LogP contribution in [0.25, 0.3) is 0 Å². The average Bonchev–Trinajstić information content (AvgIpc) is 3.11. The number of hydrogen-bond acceptors (Lipinski definition) is 9. The van der Waals surface area contributed by atoms with Gasteiger partial charge >= 0.3 is 17.9 Å². The van der Waals surface area contributed by atoms with E-state index >= 15 is 0 Å². The lowest BCUT2D eigenvalue weighted by Crippen LogP contribution is -2.12. The number of esters is 3. The Morgan fingerprint density at radius 1 is 0.625 bits per heavy atom. The Morgan fingerprint density at radius 2 is 1.19 bits per heavy atom. The number of unbranched alkanes of at least 4 members (excludes halogenated alkanes) is 8. The quantitative estimate of drug-likeness (QED) is 0.0453. The molecule has 48 heavy (non-hydrogen) atoms. The Kier molecular flexibility index (Phi) is 16.6. The van der Waals surface area contributed by atoms with Gasteiger partial charge in [0, 0.05) is 6.08 Å². The molecule has 0 aromatic heterocycles. The van der Waals surface area contributed by atoms with Gasteiger partial charge in [-0.15, -0.1) is 0 Å². The first-order valence-electron chi connectivity index (χ1n) is 16.7. The smallest absolute Gasteiger partial charge is 0.343 e. The molecule has 3 rings (SSSR count). The van der Waals surface area contributed by atoms with E-state index in [4.69, 9.17) is 28.4 Å². The molecular weight excluding hydrogens is 612 g/mol. The topological polar surface area (TPSA) is 107 Å². The molecule has 258 valence electrons. The summed E-state index contributed by atoms with van der Waals surface area (Å²) in [5.74, 6) is -0.0691. The molecule has 0 spiro atoms. The predicted octanol–water partition coefficient (Wildman–Crippen LogP) is 8.71. The molecule has 3 aromatic rings. The molecule has 0 heterocycles. The van der Waals surface area contributed by atoms with Crippen molar-refractivity contribution in [2.45, 2.75) is 77.6 Å². The van der Waals surface area contributed by atoms with E-state index in [1.54, 1.807) is 24.3 Å². The number of methoxy groups -OCH3 is 2. The highest BCUT2D eigenvalue weighted by Crippen LogP contribution is 2.32. The fourth-order valence-corrected chi connectivity index (χ4v) is 4.92. The third-order valence-electron chi connectivity index (χ3n) is 7.66. The lowest BCUT2D eigenvalue weighted by atomic mass is 10.0. The van der Waals surface area contributed by atoms with Gasteiger partial charge in [0.2, 0.25) is 0 Å². The molecule has 0 fully saturated rings. The van der Waals surface area contributed by atoms with Gasteiger partial charge in [-0.3, -0.25) is 0 Å². The van der Waals surface area contributed by atoms with Crippen molar-refractivity contribution in [2.24, 2.45) is 0 Å². The molecule has 0 saturated heterocycles. The minimum Gasteiger partial charge on any atom is -0.493 e. The number of carbonyl (C=O) groups is 3. The van der Waals surface area contributed by atoms with E-state index in [0.29, 0.717) is 36.7 Å². The fourth-order valence-electron chi connectivity index (χ4n) is 4.92. The van der Waals surface area contributed by atoms with E-state index in [2.05, 4.69) is 13.5 Å². The van der Waals surface area contributed by atoms with E-state index in [0.717, 1.165) is 18.9 Å². The first-order valence-corrected chi connectivity index (χ1v) is 16.7. The molecule has 9 nitrogen and oxygen atoms in total. The maximum absolute atomic E-state index is 13.0. The van der Waals surface area contributed by atoms with Crippen molar-refractivity contribution in [3.63, 3.8) is 0 Å². The predicted molar refractivity (Wildman–Crippen MR) is 185 cm³/mol. The summed E-state index contributed by atoms with van der Waals surface area (Å²) in [6.07, 6.45) is 13.6. The lowest BCUT2D eigenvalue weighted by Gasteiger charge is -2.13. The summed E-state index contributed by atoms with van der Waals surface area (Å²) in [4.78, 5) is 37.0. The number of benzene rings is 3. The summed E-state index contributed by atoms with van der Waals surface area (Å²) in [5, 5.41) is 0. The van der Waals surface area contributed by atoms with Crippen LogP contribution in [0.1, 0.15) is 97.4 Å². The van der Waals surface area contributed by atoms with E-state index in [9.17, 15) is 14.4 Å². The molecule has 0 saturated carbocycles. The second kappa shape index (κ2) is 21.2. The van der Waals surface area contributed by atoms with Crippen LogP contribution in [0.5, 0.6) is 28.7 Å². The maximum atomic E-state index is 13.0. The molecule has 0 amide bonds. The van der Waals surface area contributed by atoms with Crippen LogP contribution in [0.4, 0.5) is 0 Å². The highest BCUT2D eigenvalue weighted by Gasteiger charge is 2.18. The molecule has 0 radical (unpaired) electrons. The van der Waals surface area contributed by atoms with Crippen molar-refractivity contribution < 1.29 is 42.8 Å². The molecule has 3 aromatic carbocycles. The molecule has 9 heteroatoms. The minimum absolute atomic E-state index is 0.140. The molecule has 0 aliphatic rings. The van der Waals surface area contributed by atoms with Crippen LogP contribution >= 0.6 is 0 Å². The zero-order valence-corrected chi connectivity index (χ0v) is 28.4. The van der Waals surface area contributed by atoms with Crippen LogP contribution < -0.4 is 23.7 Å². The van der Waals surface area contributed by atoms with Crippen molar-refractivity contribution in [3.8, 4) is 28.7 Å². The second-order valence-corrected chi connectivity index (χ2v) is 11.3. The van der Waals surface area contributed by atoms with Crippen LogP contribution in [0.2, 0.25) is 0 Å². The maximum Gasteiger partial charge on any atom is 0.343 e. The molecule has 0 aliphatic heterocycles. The average molecular weight is 661 g/mol. The van der Waals surface area contributed by atoms with Crippen molar-refractivity contribution in [1.82, 2.24) is 0 Å². The SMILES string of the molecule is C=CC(=O)OCCCCOc1ccc(C(=O)Oc2ccc(C(=O)Oc3ccc(CCCCCCCCCC)cc3)cc2OC)cc1OC. The third-order valence-corrected chi connectivity index (χ3v) is 7.66. The summed E-state index contributed by atoms with van der Waals surface area (Å²) >= 11 is 0. The van der Waals surface area contributed by atoms with Crippen molar-refractivity contribution in [2.75, 3.05) is 27.4 Å². The van der Waals surface area contributed by atoms with Crippen LogP contribution in [-0.2, 0) is 16.0 Å². The van der Waals surface area contributed by atoms with E-state index in [1.165, 1.54) is 89.0 Å². The first kappa shape index (κ1) is 37.7. The highest BCUT2D eigenvalue weighted by atomic mass is 16.6. The Hall–Kier alpha value is -4.79. The lowest BCUT2D eigenvalue weighted by molar-refractivity contribution is -0.137. The minimum atomic E-state index is -0.649. The van der Waals surface area contributed by atoms with Crippen LogP contribution in [-0.4, -0.2) is 45.3 Å². The Morgan fingerprint density at radius 3 is 1.81 bits per heavy atom. The summed E-state index contributed by atoms with van der Waals surface area (Å²) in [6.45, 7) is 6.23. The van der Waals surface area contributed by atoms with Crippen molar-refractivity contribution >= 4 is 17.9 Å². The number of carbonyl (C=O) groups excluding carboxylic acids is 3. The second-order valence-electron chi connectivity index (χ2n) is 11.3. The van der Waals surface area contributed by atoms with Gasteiger partial charge in [0.05, 0.1) is 38.6 Å². The number of rotatable bonds is 22. The monoisotopic (exact) mass is 660 g/mol. The summed E-state index contributed by atoms with van der Waals surface area (Å²) in [6, 6.07) is 16.8. The molecule has 0 bridgehead atoms. The summed E-state index contributed by atoms with van der Waals surface area (Å²) < 4.78 is 32.7. The third kappa shape index (κ3) is 12.8. The number of aryl methyl sites for hydroxylation is 1. The van der Waals surface area contributed by atoms with Gasteiger partial charge in [-0.25, -0.2) is 14.4 Å². The highest BCUT2D eigenvalue weighted by molar-refractivity contribution is 5.94. The Balaban J connectivity index is 1.50. The Bertz CT molecular complexity index is 1460. The number of hydrogen-bond donors (Lipinski definition) is 0. The van der Waals surface area contributed by atoms with Crippen LogP contribution in [0.15, 0.2) is 73.3 Å². The number of ether oxygens (including phenoxy) is 6. The van der Waals surface area contributed by atoms with Gasteiger partial charge < -0.3 is 28.4 Å². The van der Waals surface area contributed by atoms with Gasteiger partial charge in [-0.05, 0) is 79.8 Å². The van der Waals surface area contributed by atoms with E-state index < -0.39 is 17.9 Å². The summed E-state index contributed by atoms with van der Waals surface area (Å²) in [7, 11) is 2.89. The molecular formula is C39H48O9. The molecule has 0 aliphatic carbocycles. The fraction of sp³-hybridized carbons (Fsp3) is 0.410. The summed E-state index contributed by atoms with van der Waals surface area (Å²) in [5.41, 5.74) is 1.69. The van der Waals surface area contributed by atoms with Crippen molar-refractivity contribution in [1.29, 1.82) is 0 Å². The molecule has 0 unspecified atom stereocenters. The van der Waals surface area contributed by atoms with Gasteiger partial charge in [-0.1, -0.05) is 70.6 Å².